The van der Waals surface area contributed by atoms with E-state index in [1.165, 1.54) is 23.9 Å². The van der Waals surface area contributed by atoms with Gasteiger partial charge in [-0.25, -0.2) is 13.8 Å². The van der Waals surface area contributed by atoms with Gasteiger partial charge in [-0.3, -0.25) is 0 Å². The molecule has 0 amide bonds. The molecule has 2 aromatic carbocycles. The van der Waals surface area contributed by atoms with E-state index in [1.54, 1.807) is 0 Å². The number of rotatable bonds is 4. The minimum Gasteiger partial charge on any atom is -0.392 e. The minimum absolute atomic E-state index is 0.0869. The molecule has 1 aromatic heterocycles. The Morgan fingerprint density at radius 1 is 1.09 bits per heavy atom. The summed E-state index contributed by atoms with van der Waals surface area (Å²) in [5, 5.41) is 4.55. The van der Waals surface area contributed by atoms with E-state index in [0.29, 0.717) is 11.5 Å². The van der Waals surface area contributed by atoms with Crippen LogP contribution in [0.1, 0.15) is 29.7 Å². The number of halogens is 2. The number of piperidine rings is 1. The number of hydrogen-bond acceptors (Lipinski definition) is 5. The maximum absolute atomic E-state index is 13.7. The summed E-state index contributed by atoms with van der Waals surface area (Å²) in [5.74, 6) is -0.287. The Balaban J connectivity index is 1.39. The predicted molar refractivity (Wildman–Crippen MR) is 121 cm³/mol. The highest BCUT2D eigenvalue weighted by molar-refractivity contribution is 8.00. The monoisotopic (exact) mass is 454 g/mol. The average molecular weight is 455 g/mol. The highest BCUT2D eigenvalue weighted by atomic mass is 32.2. The molecule has 5 nitrogen and oxygen atoms in total. The lowest BCUT2D eigenvalue weighted by Gasteiger charge is -2.44. The third-order valence-electron chi connectivity index (χ3n) is 5.95. The Labute approximate surface area is 190 Å². The Kier molecular flexibility index (Phi) is 5.63. The number of fused-ring (bicyclic) bond motifs is 1. The SMILES string of the molecule is Cc1cn(-c2ccc(C3=NOCC4C(Sc5cc(F)cc(F)c5)CCCN34)cc2C)cn1. The first-order chi connectivity index (χ1) is 15.5. The number of amidine groups is 1. The van der Waals surface area contributed by atoms with Crippen molar-refractivity contribution in [1.82, 2.24) is 14.5 Å². The van der Waals surface area contributed by atoms with E-state index in [-0.39, 0.29) is 11.3 Å². The number of hydrogen-bond donors (Lipinski definition) is 0. The van der Waals surface area contributed by atoms with Crippen LogP contribution in [0.3, 0.4) is 0 Å². The van der Waals surface area contributed by atoms with Gasteiger partial charge in [0.25, 0.3) is 0 Å². The van der Waals surface area contributed by atoms with Crippen molar-refractivity contribution in [2.24, 2.45) is 5.16 Å². The van der Waals surface area contributed by atoms with Crippen LogP contribution in [-0.4, -0.2) is 44.7 Å². The molecule has 0 bridgehead atoms. The number of imidazole rings is 1. The third kappa shape index (κ3) is 4.11. The van der Waals surface area contributed by atoms with Crippen molar-refractivity contribution in [3.05, 3.63) is 77.4 Å². The van der Waals surface area contributed by atoms with Crippen LogP contribution in [0, 0.1) is 25.5 Å². The molecule has 2 unspecified atom stereocenters. The van der Waals surface area contributed by atoms with Gasteiger partial charge in [0.15, 0.2) is 5.84 Å². The molecule has 1 saturated heterocycles. The lowest BCUT2D eigenvalue weighted by Crippen LogP contribution is -2.54. The molecular weight excluding hydrogens is 430 g/mol. The molecule has 0 saturated carbocycles. The van der Waals surface area contributed by atoms with Crippen molar-refractivity contribution in [1.29, 1.82) is 0 Å². The van der Waals surface area contributed by atoms with Gasteiger partial charge in [-0.1, -0.05) is 5.16 Å². The molecule has 0 spiro atoms. The standard InChI is InChI=1S/C24H24F2N4OS/c1-15-8-17(5-6-21(15)29-12-16(2)27-14-29)24-28-31-13-22-23(4-3-7-30(22)24)32-20-10-18(25)9-19(26)11-20/h5-6,8-12,14,22-23H,3-4,7,13H2,1-2H3. The number of benzene rings is 2. The summed E-state index contributed by atoms with van der Waals surface area (Å²) < 4.78 is 29.4. The van der Waals surface area contributed by atoms with Crippen molar-refractivity contribution in [2.75, 3.05) is 13.2 Å². The van der Waals surface area contributed by atoms with Gasteiger partial charge in [0, 0.05) is 40.2 Å². The zero-order valence-corrected chi connectivity index (χ0v) is 18.8. The number of aromatic nitrogens is 2. The molecular formula is C24H24F2N4OS. The fourth-order valence-electron chi connectivity index (χ4n) is 4.47. The van der Waals surface area contributed by atoms with E-state index in [9.17, 15) is 8.78 Å². The summed E-state index contributed by atoms with van der Waals surface area (Å²) in [6.45, 7) is 5.38. The quantitative estimate of drug-likeness (QED) is 0.551. The first-order valence-electron chi connectivity index (χ1n) is 10.7. The lowest BCUT2D eigenvalue weighted by molar-refractivity contribution is 0.0488. The van der Waals surface area contributed by atoms with Crippen molar-refractivity contribution in [2.45, 2.75) is 42.9 Å². The minimum atomic E-state index is -0.550. The second kappa shape index (κ2) is 8.58. The highest BCUT2D eigenvalue weighted by Gasteiger charge is 2.37. The fourth-order valence-corrected chi connectivity index (χ4v) is 5.85. The second-order valence-electron chi connectivity index (χ2n) is 8.30. The van der Waals surface area contributed by atoms with Crippen LogP contribution in [0.15, 0.2) is 59.0 Å². The van der Waals surface area contributed by atoms with Gasteiger partial charge in [-0.05, 0) is 62.6 Å². The van der Waals surface area contributed by atoms with E-state index in [0.717, 1.165) is 53.8 Å². The zero-order valence-electron chi connectivity index (χ0n) is 18.0. The van der Waals surface area contributed by atoms with Crippen LogP contribution in [0.5, 0.6) is 0 Å². The molecule has 2 aliphatic rings. The topological polar surface area (TPSA) is 42.6 Å². The molecule has 5 rings (SSSR count). The van der Waals surface area contributed by atoms with Gasteiger partial charge >= 0.3 is 0 Å². The molecule has 166 valence electrons. The normalized spacial score (nSPS) is 20.5. The maximum Gasteiger partial charge on any atom is 0.175 e. The molecule has 1 fully saturated rings. The smallest absolute Gasteiger partial charge is 0.175 e. The maximum atomic E-state index is 13.7. The van der Waals surface area contributed by atoms with Crippen LogP contribution < -0.4 is 0 Å². The Morgan fingerprint density at radius 2 is 1.91 bits per heavy atom. The van der Waals surface area contributed by atoms with Gasteiger partial charge < -0.3 is 14.3 Å². The van der Waals surface area contributed by atoms with Crippen LogP contribution in [0.25, 0.3) is 5.69 Å². The summed E-state index contributed by atoms with van der Waals surface area (Å²) in [6.07, 6.45) is 5.76. The number of oxime groups is 1. The Hall–Kier alpha value is -2.87. The van der Waals surface area contributed by atoms with Gasteiger partial charge in [-0.2, -0.15) is 0 Å². The number of thioether (sulfide) groups is 1. The fraction of sp³-hybridized carbons (Fsp3) is 0.333. The first kappa shape index (κ1) is 21.0. The molecule has 32 heavy (non-hydrogen) atoms. The summed E-state index contributed by atoms with van der Waals surface area (Å²) >= 11 is 1.51. The molecule has 2 atom stereocenters. The number of aryl methyl sites for hydroxylation is 2. The zero-order chi connectivity index (χ0) is 22.2. The molecule has 3 heterocycles. The van der Waals surface area contributed by atoms with E-state index in [2.05, 4.69) is 40.2 Å². The second-order valence-corrected chi connectivity index (χ2v) is 9.61. The summed E-state index contributed by atoms with van der Waals surface area (Å²) in [7, 11) is 0. The van der Waals surface area contributed by atoms with Crippen molar-refractivity contribution < 1.29 is 13.6 Å². The van der Waals surface area contributed by atoms with E-state index in [4.69, 9.17) is 4.84 Å². The van der Waals surface area contributed by atoms with Crippen molar-refractivity contribution in [3.63, 3.8) is 0 Å². The number of nitrogens with zero attached hydrogens (tertiary/aromatic N) is 4. The Morgan fingerprint density at radius 3 is 2.62 bits per heavy atom. The van der Waals surface area contributed by atoms with Gasteiger partial charge in [-0.15, -0.1) is 11.8 Å². The molecule has 2 aliphatic heterocycles. The summed E-state index contributed by atoms with van der Waals surface area (Å²) in [4.78, 5) is 12.9. The Bertz CT molecular complexity index is 1160. The molecule has 0 aliphatic carbocycles. The summed E-state index contributed by atoms with van der Waals surface area (Å²) in [6, 6.07) is 10.0. The lowest BCUT2D eigenvalue weighted by atomic mass is 9.99. The molecule has 3 aromatic rings. The van der Waals surface area contributed by atoms with Gasteiger partial charge in [0.1, 0.15) is 18.2 Å². The third-order valence-corrected chi connectivity index (χ3v) is 7.31. The molecule has 0 N–H and O–H groups in total. The van der Waals surface area contributed by atoms with Crippen molar-refractivity contribution in [3.8, 4) is 5.69 Å². The van der Waals surface area contributed by atoms with Gasteiger partial charge in [0.2, 0.25) is 0 Å². The summed E-state index contributed by atoms with van der Waals surface area (Å²) in [5.41, 5.74) is 4.15. The molecule has 0 radical (unpaired) electrons. The van der Waals surface area contributed by atoms with E-state index in [1.807, 2.05) is 24.0 Å². The van der Waals surface area contributed by atoms with E-state index >= 15 is 0 Å². The van der Waals surface area contributed by atoms with Crippen molar-refractivity contribution >= 4 is 17.6 Å². The first-order valence-corrected chi connectivity index (χ1v) is 11.6. The van der Waals surface area contributed by atoms with Crippen LogP contribution >= 0.6 is 11.8 Å². The van der Waals surface area contributed by atoms with Gasteiger partial charge in [0.05, 0.1) is 18.1 Å². The van der Waals surface area contributed by atoms with Crippen LogP contribution in [0.2, 0.25) is 0 Å². The average Bonchev–Trinajstić information content (AvgIpc) is 3.19. The van der Waals surface area contributed by atoms with Crippen LogP contribution in [-0.2, 0) is 4.84 Å². The predicted octanol–water partition coefficient (Wildman–Crippen LogP) is 5.08. The largest absolute Gasteiger partial charge is 0.392 e. The van der Waals surface area contributed by atoms with E-state index < -0.39 is 11.6 Å². The molecule has 8 heteroatoms. The van der Waals surface area contributed by atoms with Crippen LogP contribution in [0.4, 0.5) is 8.78 Å². The highest BCUT2D eigenvalue weighted by Crippen LogP contribution is 2.36.